The number of hydrogen-bond donors (Lipinski definition) is 0. The van der Waals surface area contributed by atoms with Crippen LogP contribution in [0.1, 0.15) is 52.7 Å². The molecule has 0 aliphatic heterocycles. The van der Waals surface area contributed by atoms with Gasteiger partial charge in [0.25, 0.3) is 8.32 Å². The summed E-state index contributed by atoms with van der Waals surface area (Å²) in [6.45, 7) is 13.0. The molecule has 0 amide bonds. The fourth-order valence-corrected chi connectivity index (χ4v) is 9.40. The summed E-state index contributed by atoms with van der Waals surface area (Å²) in [5.74, 6) is -9.11. The predicted molar refractivity (Wildman–Crippen MR) is 113 cm³/mol. The molecule has 0 unspecified atom stereocenters. The lowest BCUT2D eigenvalue weighted by Gasteiger charge is -2.42. The maximum absolute atomic E-state index is 13.8. The molecule has 2 aromatic carbocycles. The standard InChI is InChI=1S/C23H27F5OSi/c1-13(2)30(14(3)4,15(5)6)29-17-10-7-16(8-11-17)9-12-18-19(24)21(26)23(28)22(27)20(18)25/h7-15H,1-6H3/b12-9+. The van der Waals surface area contributed by atoms with Crippen LogP contribution in [0.25, 0.3) is 12.2 Å². The Morgan fingerprint density at radius 2 is 1.03 bits per heavy atom. The predicted octanol–water partition coefficient (Wildman–Crippen LogP) is 8.11. The van der Waals surface area contributed by atoms with E-state index in [0.717, 1.165) is 6.08 Å². The molecule has 0 bridgehead atoms. The van der Waals surface area contributed by atoms with Crippen molar-refractivity contribution < 1.29 is 26.4 Å². The topological polar surface area (TPSA) is 9.23 Å². The molecule has 0 aliphatic carbocycles. The highest BCUT2D eigenvalue weighted by Gasteiger charge is 2.46. The van der Waals surface area contributed by atoms with E-state index in [1.807, 2.05) is 0 Å². The highest BCUT2D eigenvalue weighted by Crippen LogP contribution is 2.42. The van der Waals surface area contributed by atoms with Crippen molar-refractivity contribution in [3.63, 3.8) is 0 Å². The molecule has 0 saturated carbocycles. The van der Waals surface area contributed by atoms with Crippen LogP contribution in [0.15, 0.2) is 24.3 Å². The van der Waals surface area contributed by atoms with E-state index in [1.165, 1.54) is 6.08 Å². The SMILES string of the molecule is CC(C)[Si](Oc1ccc(/C=C/c2c(F)c(F)c(F)c(F)c2F)cc1)(C(C)C)C(C)C. The quantitative estimate of drug-likeness (QED) is 0.138. The Morgan fingerprint density at radius 1 is 0.633 bits per heavy atom. The lowest BCUT2D eigenvalue weighted by molar-refractivity contribution is 0.377. The van der Waals surface area contributed by atoms with Crippen LogP contribution < -0.4 is 4.43 Å². The third kappa shape index (κ3) is 4.46. The largest absolute Gasteiger partial charge is 0.543 e. The number of rotatable bonds is 7. The molecule has 0 aliphatic rings. The van der Waals surface area contributed by atoms with E-state index in [4.69, 9.17) is 4.43 Å². The molecular weight excluding hydrogens is 415 g/mol. The molecule has 0 fully saturated rings. The Morgan fingerprint density at radius 3 is 1.43 bits per heavy atom. The molecule has 0 spiro atoms. The summed E-state index contributed by atoms with van der Waals surface area (Å²) in [5, 5.41) is 0. The maximum Gasteiger partial charge on any atom is 0.258 e. The zero-order chi connectivity index (χ0) is 22.8. The molecule has 0 saturated heterocycles. The maximum atomic E-state index is 13.8. The molecule has 2 rings (SSSR count). The molecule has 164 valence electrons. The fourth-order valence-electron chi connectivity index (χ4n) is 4.15. The summed E-state index contributed by atoms with van der Waals surface area (Å²) in [6.07, 6.45) is 2.17. The average molecular weight is 443 g/mol. The molecule has 0 radical (unpaired) electrons. The van der Waals surface area contributed by atoms with Crippen molar-refractivity contribution in [3.05, 3.63) is 64.5 Å². The summed E-state index contributed by atoms with van der Waals surface area (Å²) in [7, 11) is -2.13. The molecule has 0 atom stereocenters. The Labute approximate surface area is 175 Å². The summed E-state index contributed by atoms with van der Waals surface area (Å²) in [6, 6.07) is 6.87. The van der Waals surface area contributed by atoms with E-state index < -0.39 is 43.0 Å². The Bertz CT molecular complexity index is 869. The molecule has 0 aromatic heterocycles. The van der Waals surface area contributed by atoms with Gasteiger partial charge in [0.1, 0.15) is 5.75 Å². The monoisotopic (exact) mass is 442 g/mol. The second kappa shape index (κ2) is 9.33. The van der Waals surface area contributed by atoms with Crippen molar-refractivity contribution >= 4 is 20.5 Å². The molecule has 0 heterocycles. The average Bonchev–Trinajstić information content (AvgIpc) is 2.69. The Kier molecular flexibility index (Phi) is 7.50. The first kappa shape index (κ1) is 24.1. The molecule has 7 heteroatoms. The van der Waals surface area contributed by atoms with Gasteiger partial charge in [0, 0.05) is 0 Å². The van der Waals surface area contributed by atoms with Gasteiger partial charge in [-0.25, -0.2) is 22.0 Å². The van der Waals surface area contributed by atoms with Crippen LogP contribution in [0.3, 0.4) is 0 Å². The summed E-state index contributed by atoms with van der Waals surface area (Å²) in [5.41, 5.74) is 0.749. The lowest BCUT2D eigenvalue weighted by atomic mass is 10.1. The van der Waals surface area contributed by atoms with Gasteiger partial charge in [-0.1, -0.05) is 59.8 Å². The Hall–Kier alpha value is -2.15. The minimum absolute atomic E-state index is 0.395. The van der Waals surface area contributed by atoms with Crippen molar-refractivity contribution in [1.82, 2.24) is 0 Å². The molecular formula is C23H27F5OSi. The van der Waals surface area contributed by atoms with E-state index in [9.17, 15) is 22.0 Å². The highest BCUT2D eigenvalue weighted by atomic mass is 28.4. The molecule has 2 aromatic rings. The normalized spacial score (nSPS) is 12.6. The van der Waals surface area contributed by atoms with Crippen molar-refractivity contribution in [1.29, 1.82) is 0 Å². The van der Waals surface area contributed by atoms with Crippen LogP contribution in [0, 0.1) is 29.1 Å². The highest BCUT2D eigenvalue weighted by molar-refractivity contribution is 6.78. The van der Waals surface area contributed by atoms with Crippen molar-refractivity contribution in [2.75, 3.05) is 0 Å². The van der Waals surface area contributed by atoms with E-state index >= 15 is 0 Å². The zero-order valence-corrected chi connectivity index (χ0v) is 19.0. The summed E-state index contributed by atoms with van der Waals surface area (Å²) in [4.78, 5) is 0. The van der Waals surface area contributed by atoms with Gasteiger partial charge in [-0.2, -0.15) is 0 Å². The van der Waals surface area contributed by atoms with Gasteiger partial charge in [0.05, 0.1) is 5.56 Å². The van der Waals surface area contributed by atoms with Crippen LogP contribution in [0.2, 0.25) is 16.6 Å². The zero-order valence-electron chi connectivity index (χ0n) is 18.0. The lowest BCUT2D eigenvalue weighted by Crippen LogP contribution is -2.50. The van der Waals surface area contributed by atoms with E-state index in [0.29, 0.717) is 27.9 Å². The smallest absolute Gasteiger partial charge is 0.258 e. The van der Waals surface area contributed by atoms with Crippen LogP contribution in [-0.4, -0.2) is 8.32 Å². The van der Waals surface area contributed by atoms with Crippen LogP contribution in [0.5, 0.6) is 5.75 Å². The minimum atomic E-state index is -2.17. The van der Waals surface area contributed by atoms with Crippen molar-refractivity contribution in [2.45, 2.75) is 58.2 Å². The third-order valence-electron chi connectivity index (χ3n) is 5.57. The van der Waals surface area contributed by atoms with Gasteiger partial charge in [-0.3, -0.25) is 0 Å². The van der Waals surface area contributed by atoms with Gasteiger partial charge in [0.2, 0.25) is 5.82 Å². The van der Waals surface area contributed by atoms with Gasteiger partial charge >= 0.3 is 0 Å². The molecule has 1 nitrogen and oxygen atoms in total. The first-order valence-corrected chi connectivity index (χ1v) is 12.1. The van der Waals surface area contributed by atoms with Crippen LogP contribution >= 0.6 is 0 Å². The first-order chi connectivity index (χ1) is 13.9. The van der Waals surface area contributed by atoms with Crippen LogP contribution in [-0.2, 0) is 0 Å². The fraction of sp³-hybridized carbons (Fsp3) is 0.391. The number of benzene rings is 2. The summed E-state index contributed by atoms with van der Waals surface area (Å²) >= 11 is 0. The molecule has 30 heavy (non-hydrogen) atoms. The second-order valence-electron chi connectivity index (χ2n) is 8.31. The van der Waals surface area contributed by atoms with Gasteiger partial charge < -0.3 is 4.43 Å². The molecule has 0 N–H and O–H groups in total. The minimum Gasteiger partial charge on any atom is -0.543 e. The van der Waals surface area contributed by atoms with Gasteiger partial charge in [-0.05, 0) is 40.4 Å². The van der Waals surface area contributed by atoms with Crippen LogP contribution in [0.4, 0.5) is 22.0 Å². The van der Waals surface area contributed by atoms with Crippen molar-refractivity contribution in [2.24, 2.45) is 0 Å². The van der Waals surface area contributed by atoms with Gasteiger partial charge in [-0.15, -0.1) is 0 Å². The Balaban J connectivity index is 2.31. The van der Waals surface area contributed by atoms with Gasteiger partial charge in [0.15, 0.2) is 23.3 Å². The summed E-state index contributed by atoms with van der Waals surface area (Å²) < 4.78 is 73.9. The van der Waals surface area contributed by atoms with E-state index in [-0.39, 0.29) is 0 Å². The van der Waals surface area contributed by atoms with Crippen molar-refractivity contribution in [3.8, 4) is 5.75 Å². The van der Waals surface area contributed by atoms with E-state index in [2.05, 4.69) is 41.5 Å². The second-order valence-corrected chi connectivity index (χ2v) is 13.7. The number of hydrogen-bond acceptors (Lipinski definition) is 1. The van der Waals surface area contributed by atoms with E-state index in [1.54, 1.807) is 24.3 Å². The third-order valence-corrected chi connectivity index (χ3v) is 11.6. The first-order valence-electron chi connectivity index (χ1n) is 9.92. The number of halogens is 5.